The van der Waals surface area contributed by atoms with Crippen LogP contribution in [0.5, 0.6) is 0 Å². The van der Waals surface area contributed by atoms with Crippen molar-refractivity contribution in [1.82, 2.24) is 10.3 Å². The average molecular weight is 235 g/mol. The molecule has 17 heavy (non-hydrogen) atoms. The highest BCUT2D eigenvalue weighted by Gasteiger charge is 2.23. The van der Waals surface area contributed by atoms with Gasteiger partial charge in [-0.2, -0.15) is 0 Å². The van der Waals surface area contributed by atoms with Gasteiger partial charge in [-0.05, 0) is 18.6 Å². The van der Waals surface area contributed by atoms with Gasteiger partial charge in [-0.15, -0.1) is 0 Å². The van der Waals surface area contributed by atoms with Crippen LogP contribution in [-0.2, 0) is 9.59 Å². The number of imide groups is 1. The SMILES string of the molecule is C[C@@H](O)c1ccc(N2CC(=O)NC(=O)C2)nc1. The van der Waals surface area contributed by atoms with E-state index in [1.807, 2.05) is 0 Å². The lowest BCUT2D eigenvalue weighted by Crippen LogP contribution is -2.51. The lowest BCUT2D eigenvalue weighted by molar-refractivity contribution is -0.130. The van der Waals surface area contributed by atoms with E-state index in [0.717, 1.165) is 0 Å². The number of rotatable bonds is 2. The van der Waals surface area contributed by atoms with E-state index < -0.39 is 6.10 Å². The Morgan fingerprint density at radius 3 is 2.47 bits per heavy atom. The van der Waals surface area contributed by atoms with Crippen molar-refractivity contribution < 1.29 is 14.7 Å². The molecule has 2 heterocycles. The van der Waals surface area contributed by atoms with Gasteiger partial charge in [0.05, 0.1) is 19.2 Å². The summed E-state index contributed by atoms with van der Waals surface area (Å²) in [5.74, 6) is -0.108. The maximum Gasteiger partial charge on any atom is 0.246 e. The molecule has 2 N–H and O–H groups in total. The molecule has 0 aliphatic carbocycles. The van der Waals surface area contributed by atoms with Crippen molar-refractivity contribution in [3.8, 4) is 0 Å². The van der Waals surface area contributed by atoms with Gasteiger partial charge in [-0.25, -0.2) is 4.98 Å². The highest BCUT2D eigenvalue weighted by molar-refractivity contribution is 6.02. The van der Waals surface area contributed by atoms with Crippen molar-refractivity contribution in [2.24, 2.45) is 0 Å². The minimum Gasteiger partial charge on any atom is -0.389 e. The fraction of sp³-hybridized carbons (Fsp3) is 0.364. The summed E-state index contributed by atoms with van der Waals surface area (Å²) in [5, 5.41) is 11.6. The number of pyridine rings is 1. The van der Waals surface area contributed by atoms with Gasteiger partial charge in [0.25, 0.3) is 0 Å². The maximum atomic E-state index is 11.2. The molecule has 0 aromatic carbocycles. The predicted molar refractivity (Wildman–Crippen MR) is 60.2 cm³/mol. The topological polar surface area (TPSA) is 82.5 Å². The van der Waals surface area contributed by atoms with Crippen LogP contribution >= 0.6 is 0 Å². The first-order valence-electron chi connectivity index (χ1n) is 5.28. The van der Waals surface area contributed by atoms with Crippen LogP contribution in [0, 0.1) is 0 Å². The van der Waals surface area contributed by atoms with Crippen molar-refractivity contribution in [1.29, 1.82) is 0 Å². The van der Waals surface area contributed by atoms with Gasteiger partial charge in [-0.1, -0.05) is 6.07 Å². The molecule has 0 radical (unpaired) electrons. The summed E-state index contributed by atoms with van der Waals surface area (Å²) < 4.78 is 0. The lowest BCUT2D eigenvalue weighted by Gasteiger charge is -2.26. The molecule has 0 bridgehead atoms. The molecule has 1 aliphatic heterocycles. The molecular weight excluding hydrogens is 222 g/mol. The van der Waals surface area contributed by atoms with Gasteiger partial charge in [0.15, 0.2) is 0 Å². The van der Waals surface area contributed by atoms with Crippen molar-refractivity contribution >= 4 is 17.6 Å². The van der Waals surface area contributed by atoms with Gasteiger partial charge in [-0.3, -0.25) is 14.9 Å². The van der Waals surface area contributed by atoms with Crippen molar-refractivity contribution in [2.45, 2.75) is 13.0 Å². The second kappa shape index (κ2) is 4.50. The standard InChI is InChI=1S/C11H13N3O3/c1-7(15)8-2-3-9(12-4-8)14-5-10(16)13-11(17)6-14/h2-4,7,15H,5-6H2,1H3,(H,13,16,17)/t7-/m1/s1. The number of carbonyl (C=O) groups excluding carboxylic acids is 2. The molecule has 1 saturated heterocycles. The Morgan fingerprint density at radius 1 is 1.35 bits per heavy atom. The van der Waals surface area contributed by atoms with E-state index in [4.69, 9.17) is 0 Å². The fourth-order valence-corrected chi connectivity index (χ4v) is 1.63. The summed E-state index contributed by atoms with van der Waals surface area (Å²) >= 11 is 0. The van der Waals surface area contributed by atoms with Gasteiger partial charge < -0.3 is 10.0 Å². The number of piperazine rings is 1. The van der Waals surface area contributed by atoms with Crippen molar-refractivity contribution in [3.05, 3.63) is 23.9 Å². The number of nitrogens with zero attached hydrogens (tertiary/aromatic N) is 2. The van der Waals surface area contributed by atoms with Crippen LogP contribution in [0.4, 0.5) is 5.82 Å². The minimum atomic E-state index is -0.581. The smallest absolute Gasteiger partial charge is 0.246 e. The van der Waals surface area contributed by atoms with Crippen molar-refractivity contribution in [3.63, 3.8) is 0 Å². The van der Waals surface area contributed by atoms with E-state index in [1.165, 1.54) is 6.20 Å². The zero-order valence-electron chi connectivity index (χ0n) is 9.38. The number of anilines is 1. The molecule has 1 aromatic rings. The van der Waals surface area contributed by atoms with Gasteiger partial charge >= 0.3 is 0 Å². The Labute approximate surface area is 98.3 Å². The zero-order chi connectivity index (χ0) is 12.4. The predicted octanol–water partition coefficient (Wildman–Crippen LogP) is -0.402. The Morgan fingerprint density at radius 2 is 2.00 bits per heavy atom. The summed E-state index contributed by atoms with van der Waals surface area (Å²) in [6.45, 7) is 1.88. The molecule has 1 atom stereocenters. The monoisotopic (exact) mass is 235 g/mol. The second-order valence-corrected chi connectivity index (χ2v) is 3.95. The molecule has 90 valence electrons. The largest absolute Gasteiger partial charge is 0.389 e. The molecule has 1 aliphatic rings. The third-order valence-electron chi connectivity index (χ3n) is 2.52. The van der Waals surface area contributed by atoms with E-state index in [-0.39, 0.29) is 24.9 Å². The summed E-state index contributed by atoms with van der Waals surface area (Å²) in [4.78, 5) is 28.1. The zero-order valence-corrected chi connectivity index (χ0v) is 9.38. The van der Waals surface area contributed by atoms with Crippen LogP contribution < -0.4 is 10.2 Å². The molecular formula is C11H13N3O3. The number of aromatic nitrogens is 1. The van der Waals surface area contributed by atoms with Crippen LogP contribution in [0.1, 0.15) is 18.6 Å². The third-order valence-corrected chi connectivity index (χ3v) is 2.52. The third kappa shape index (κ3) is 2.59. The van der Waals surface area contributed by atoms with E-state index in [2.05, 4.69) is 10.3 Å². The van der Waals surface area contributed by atoms with Crippen LogP contribution in [-0.4, -0.2) is 35.0 Å². The number of hydrogen-bond donors (Lipinski definition) is 2. The average Bonchev–Trinajstić information content (AvgIpc) is 2.28. The van der Waals surface area contributed by atoms with Crippen LogP contribution in [0.25, 0.3) is 0 Å². The Hall–Kier alpha value is -1.95. The first-order chi connectivity index (χ1) is 8.06. The first kappa shape index (κ1) is 11.5. The van der Waals surface area contributed by atoms with Crippen LogP contribution in [0.3, 0.4) is 0 Å². The lowest BCUT2D eigenvalue weighted by atomic mass is 10.2. The quantitative estimate of drug-likeness (QED) is 0.681. The summed E-state index contributed by atoms with van der Waals surface area (Å²) in [6.07, 6.45) is 0.958. The molecule has 2 amide bonds. The maximum absolute atomic E-state index is 11.2. The number of hydrogen-bond acceptors (Lipinski definition) is 5. The Bertz CT molecular complexity index is 426. The van der Waals surface area contributed by atoms with Crippen LogP contribution in [0.2, 0.25) is 0 Å². The van der Waals surface area contributed by atoms with E-state index in [0.29, 0.717) is 11.4 Å². The molecule has 6 heteroatoms. The molecule has 0 spiro atoms. The molecule has 0 saturated carbocycles. The number of amides is 2. The van der Waals surface area contributed by atoms with E-state index >= 15 is 0 Å². The normalized spacial score (nSPS) is 17.9. The number of aliphatic hydroxyl groups is 1. The molecule has 0 unspecified atom stereocenters. The minimum absolute atomic E-state index is 0.118. The Balaban J connectivity index is 2.16. The molecule has 2 rings (SSSR count). The summed E-state index contributed by atoms with van der Waals surface area (Å²) in [7, 11) is 0. The van der Waals surface area contributed by atoms with Gasteiger partial charge in [0, 0.05) is 6.20 Å². The number of carbonyl (C=O) groups is 2. The second-order valence-electron chi connectivity index (χ2n) is 3.95. The van der Waals surface area contributed by atoms with Crippen molar-refractivity contribution in [2.75, 3.05) is 18.0 Å². The fourth-order valence-electron chi connectivity index (χ4n) is 1.63. The summed E-state index contributed by atoms with van der Waals surface area (Å²) in [5.41, 5.74) is 0.696. The van der Waals surface area contributed by atoms with E-state index in [1.54, 1.807) is 24.0 Å². The van der Waals surface area contributed by atoms with Crippen LogP contribution in [0.15, 0.2) is 18.3 Å². The number of aliphatic hydroxyl groups excluding tert-OH is 1. The van der Waals surface area contributed by atoms with E-state index in [9.17, 15) is 14.7 Å². The molecule has 1 fully saturated rings. The Kier molecular flexibility index (Phi) is 3.06. The van der Waals surface area contributed by atoms with Gasteiger partial charge in [0.1, 0.15) is 5.82 Å². The summed E-state index contributed by atoms with van der Waals surface area (Å²) in [6, 6.07) is 3.41. The highest BCUT2D eigenvalue weighted by Crippen LogP contribution is 2.16. The first-order valence-corrected chi connectivity index (χ1v) is 5.28. The number of nitrogens with one attached hydrogen (secondary N) is 1. The molecule has 1 aromatic heterocycles. The molecule has 6 nitrogen and oxygen atoms in total. The van der Waals surface area contributed by atoms with Gasteiger partial charge in [0.2, 0.25) is 11.8 Å². The highest BCUT2D eigenvalue weighted by atomic mass is 16.3.